The Morgan fingerprint density at radius 2 is 2.30 bits per heavy atom. The lowest BCUT2D eigenvalue weighted by Crippen LogP contribution is -2.44. The van der Waals surface area contributed by atoms with E-state index in [-0.39, 0.29) is 6.54 Å². The van der Waals surface area contributed by atoms with Crippen molar-refractivity contribution in [2.45, 2.75) is 12.6 Å². The van der Waals surface area contributed by atoms with Crippen LogP contribution in [0.2, 0.25) is 0 Å². The van der Waals surface area contributed by atoms with Gasteiger partial charge in [-0.3, -0.25) is 4.79 Å². The number of nitrogens with zero attached hydrogens (tertiary/aromatic N) is 4. The molecular weight excluding hydrogens is 286 g/mol. The van der Waals surface area contributed by atoms with Gasteiger partial charge in [-0.2, -0.15) is 16.1 Å². The Morgan fingerprint density at radius 3 is 2.90 bits per heavy atom. The molecule has 0 fully saturated rings. The quantitative estimate of drug-likeness (QED) is 0.621. The Kier molecular flexibility index (Phi) is 4.38. The molecule has 0 saturated heterocycles. The second-order valence-corrected chi connectivity index (χ2v) is 4.58. The van der Waals surface area contributed by atoms with Crippen LogP contribution in [0.4, 0.5) is 0 Å². The van der Waals surface area contributed by atoms with E-state index in [4.69, 9.17) is 10.2 Å². The van der Waals surface area contributed by atoms with E-state index in [0.29, 0.717) is 5.82 Å². The number of aliphatic hydroxyl groups excluding tert-OH is 1. The number of rotatable bonds is 6. The normalized spacial score (nSPS) is 12.1. The zero-order chi connectivity index (χ0) is 14.5. The highest BCUT2D eigenvalue weighted by atomic mass is 32.1. The number of carbonyl (C=O) groups is 2. The van der Waals surface area contributed by atoms with Crippen LogP contribution in [-0.2, 0) is 16.1 Å². The van der Waals surface area contributed by atoms with Crippen molar-refractivity contribution in [3.63, 3.8) is 0 Å². The third-order valence-electron chi connectivity index (χ3n) is 2.33. The number of carboxylic acids is 1. The van der Waals surface area contributed by atoms with E-state index in [1.165, 1.54) is 11.3 Å². The Balaban J connectivity index is 1.97. The molecule has 10 heteroatoms. The lowest BCUT2D eigenvalue weighted by atomic mass is 10.3. The summed E-state index contributed by atoms with van der Waals surface area (Å²) in [6, 6.07) is 0.473. The maximum Gasteiger partial charge on any atom is 0.328 e. The average molecular weight is 297 g/mol. The van der Waals surface area contributed by atoms with Crippen molar-refractivity contribution in [2.75, 3.05) is 6.61 Å². The van der Waals surface area contributed by atoms with Gasteiger partial charge in [0, 0.05) is 10.9 Å². The van der Waals surface area contributed by atoms with Crippen LogP contribution in [0.3, 0.4) is 0 Å². The second kappa shape index (κ2) is 6.21. The molecule has 9 nitrogen and oxygen atoms in total. The number of hydrogen-bond acceptors (Lipinski definition) is 7. The summed E-state index contributed by atoms with van der Waals surface area (Å²) in [5.74, 6) is -1.55. The van der Waals surface area contributed by atoms with E-state index in [1.54, 1.807) is 0 Å². The maximum absolute atomic E-state index is 11.6. The lowest BCUT2D eigenvalue weighted by Gasteiger charge is -2.10. The van der Waals surface area contributed by atoms with Crippen LogP contribution in [-0.4, -0.2) is 54.9 Å². The Bertz CT molecular complexity index is 597. The molecule has 2 heterocycles. The molecule has 1 atom stereocenters. The van der Waals surface area contributed by atoms with Crippen molar-refractivity contribution in [1.29, 1.82) is 0 Å². The van der Waals surface area contributed by atoms with Gasteiger partial charge in [-0.05, 0) is 16.7 Å². The zero-order valence-corrected chi connectivity index (χ0v) is 10.9. The summed E-state index contributed by atoms with van der Waals surface area (Å²) >= 11 is 1.48. The molecule has 106 valence electrons. The standard InChI is InChI=1S/C10H11N5O4S/c16-4-7(10(18)19)11-8(17)3-15-13-9(12-14-15)6-1-2-20-5-6/h1-2,5,7,16H,3-4H2,(H,11,17)(H,18,19)/t7-/m1/s1. The highest BCUT2D eigenvalue weighted by molar-refractivity contribution is 7.08. The summed E-state index contributed by atoms with van der Waals surface area (Å²) in [6.07, 6.45) is 0. The molecule has 2 aromatic rings. The van der Waals surface area contributed by atoms with Gasteiger partial charge in [0.05, 0.1) is 6.61 Å². The first-order chi connectivity index (χ1) is 9.60. The molecule has 0 saturated carbocycles. The number of thiophene rings is 1. The highest BCUT2D eigenvalue weighted by Crippen LogP contribution is 2.16. The van der Waals surface area contributed by atoms with Gasteiger partial charge in [0.1, 0.15) is 12.6 Å². The molecule has 0 bridgehead atoms. The number of hydrogen-bond donors (Lipinski definition) is 3. The van der Waals surface area contributed by atoms with Gasteiger partial charge < -0.3 is 15.5 Å². The predicted molar refractivity (Wildman–Crippen MR) is 67.8 cm³/mol. The van der Waals surface area contributed by atoms with E-state index in [2.05, 4.69) is 20.7 Å². The van der Waals surface area contributed by atoms with E-state index < -0.39 is 24.5 Å². The van der Waals surface area contributed by atoms with E-state index in [1.807, 2.05) is 16.8 Å². The fourth-order valence-corrected chi connectivity index (χ4v) is 2.01. The number of amides is 1. The van der Waals surface area contributed by atoms with Crippen molar-refractivity contribution >= 4 is 23.2 Å². The molecule has 2 aromatic heterocycles. The van der Waals surface area contributed by atoms with E-state index in [9.17, 15) is 9.59 Å². The van der Waals surface area contributed by atoms with Gasteiger partial charge >= 0.3 is 5.97 Å². The fraction of sp³-hybridized carbons (Fsp3) is 0.300. The summed E-state index contributed by atoms with van der Waals surface area (Å²) in [7, 11) is 0. The number of nitrogens with one attached hydrogen (secondary N) is 1. The average Bonchev–Trinajstić information content (AvgIpc) is 3.05. The minimum absolute atomic E-state index is 0.277. The van der Waals surface area contributed by atoms with Crippen LogP contribution in [0.1, 0.15) is 0 Å². The van der Waals surface area contributed by atoms with Crippen molar-refractivity contribution in [3.05, 3.63) is 16.8 Å². The Hall–Kier alpha value is -2.33. The molecule has 0 aliphatic carbocycles. The first-order valence-electron chi connectivity index (χ1n) is 5.53. The lowest BCUT2D eigenvalue weighted by molar-refractivity contribution is -0.143. The number of aromatic nitrogens is 4. The largest absolute Gasteiger partial charge is 0.480 e. The molecule has 0 unspecified atom stereocenters. The smallest absolute Gasteiger partial charge is 0.328 e. The van der Waals surface area contributed by atoms with Crippen molar-refractivity contribution in [1.82, 2.24) is 25.5 Å². The molecule has 1 amide bonds. The molecule has 20 heavy (non-hydrogen) atoms. The van der Waals surface area contributed by atoms with E-state index >= 15 is 0 Å². The second-order valence-electron chi connectivity index (χ2n) is 3.80. The molecule has 0 aromatic carbocycles. The monoisotopic (exact) mass is 297 g/mol. The SMILES string of the molecule is O=C(Cn1nnc(-c2ccsc2)n1)N[C@H](CO)C(=O)O. The molecule has 0 aliphatic heterocycles. The van der Waals surface area contributed by atoms with Crippen LogP contribution in [0.15, 0.2) is 16.8 Å². The van der Waals surface area contributed by atoms with Gasteiger partial charge in [-0.25, -0.2) is 4.79 Å². The van der Waals surface area contributed by atoms with Crippen molar-refractivity contribution < 1.29 is 19.8 Å². The minimum Gasteiger partial charge on any atom is -0.480 e. The topological polar surface area (TPSA) is 130 Å². The molecule has 3 N–H and O–H groups in total. The van der Waals surface area contributed by atoms with Crippen molar-refractivity contribution in [3.8, 4) is 11.4 Å². The number of aliphatic hydroxyl groups is 1. The first kappa shape index (κ1) is 14.1. The molecule has 2 rings (SSSR count). The number of carboxylic acid groups (broad SMARTS) is 1. The van der Waals surface area contributed by atoms with E-state index in [0.717, 1.165) is 10.4 Å². The zero-order valence-electron chi connectivity index (χ0n) is 10.1. The Labute approximate surface area is 116 Å². The fourth-order valence-electron chi connectivity index (χ4n) is 1.37. The van der Waals surface area contributed by atoms with Crippen LogP contribution in [0.25, 0.3) is 11.4 Å². The number of tetrazole rings is 1. The molecular formula is C10H11N5O4S. The van der Waals surface area contributed by atoms with Gasteiger partial charge in [0.15, 0.2) is 0 Å². The summed E-state index contributed by atoms with van der Waals surface area (Å²) in [4.78, 5) is 23.3. The van der Waals surface area contributed by atoms with Gasteiger partial charge in [-0.1, -0.05) is 0 Å². The third kappa shape index (κ3) is 3.36. The molecule has 0 radical (unpaired) electrons. The Morgan fingerprint density at radius 1 is 1.50 bits per heavy atom. The summed E-state index contributed by atoms with van der Waals surface area (Å²) in [5, 5.41) is 34.8. The number of carbonyl (C=O) groups excluding carboxylic acids is 1. The maximum atomic E-state index is 11.6. The molecule has 0 aliphatic rings. The van der Waals surface area contributed by atoms with Gasteiger partial charge in [-0.15, -0.1) is 10.2 Å². The summed E-state index contributed by atoms with van der Waals surface area (Å²) < 4.78 is 0. The van der Waals surface area contributed by atoms with Crippen LogP contribution >= 0.6 is 11.3 Å². The predicted octanol–water partition coefficient (Wildman–Crippen LogP) is -1.04. The number of aliphatic carboxylic acids is 1. The first-order valence-corrected chi connectivity index (χ1v) is 6.48. The van der Waals surface area contributed by atoms with Crippen LogP contribution in [0.5, 0.6) is 0 Å². The van der Waals surface area contributed by atoms with Crippen LogP contribution < -0.4 is 5.32 Å². The van der Waals surface area contributed by atoms with Crippen molar-refractivity contribution in [2.24, 2.45) is 0 Å². The van der Waals surface area contributed by atoms with Gasteiger partial charge in [0.25, 0.3) is 0 Å². The third-order valence-corrected chi connectivity index (χ3v) is 3.02. The van der Waals surface area contributed by atoms with Crippen LogP contribution in [0, 0.1) is 0 Å². The minimum atomic E-state index is -1.35. The van der Waals surface area contributed by atoms with Gasteiger partial charge in [0.2, 0.25) is 11.7 Å². The summed E-state index contributed by atoms with van der Waals surface area (Å²) in [5.41, 5.74) is 0.792. The highest BCUT2D eigenvalue weighted by Gasteiger charge is 2.19. The molecule has 0 spiro atoms. The summed E-state index contributed by atoms with van der Waals surface area (Å²) in [6.45, 7) is -0.965.